The summed E-state index contributed by atoms with van der Waals surface area (Å²) < 4.78 is 6.07. The third kappa shape index (κ3) is 4.55. The molecule has 0 aliphatic heterocycles. The van der Waals surface area contributed by atoms with Crippen LogP contribution in [0.4, 0.5) is 0 Å². The minimum atomic E-state index is 0.385. The topological polar surface area (TPSA) is 26.3 Å². The molecular formula is C22H21O2P. The number of carbonyl (C=O) groups is 1. The lowest BCUT2D eigenvalue weighted by molar-refractivity contribution is 0.112. The molecule has 0 aromatic heterocycles. The largest absolute Gasteiger partial charge is 0.488 e. The van der Waals surface area contributed by atoms with E-state index in [1.54, 1.807) is 0 Å². The number of benzene rings is 3. The highest BCUT2D eigenvalue weighted by molar-refractivity contribution is 7.56. The Hall–Kier alpha value is -2.44. The molecule has 2 nitrogen and oxygen atoms in total. The number of ether oxygens (including phenoxy) is 1. The molecule has 0 saturated carbocycles. The van der Waals surface area contributed by atoms with E-state index in [2.05, 4.69) is 37.3 Å². The van der Waals surface area contributed by atoms with Crippen LogP contribution in [0.25, 0.3) is 0 Å². The van der Waals surface area contributed by atoms with Crippen LogP contribution in [-0.2, 0) is 6.61 Å². The number of hydrogen-bond donors (Lipinski definition) is 0. The highest BCUT2D eigenvalue weighted by Gasteiger charge is 2.09. The van der Waals surface area contributed by atoms with Crippen LogP contribution in [-0.4, -0.2) is 6.29 Å². The maximum Gasteiger partial charge on any atom is 0.150 e. The molecule has 0 fully saturated rings. The first-order valence-electron chi connectivity index (χ1n) is 8.26. The predicted octanol–water partition coefficient (Wildman–Crippen LogP) is 4.32. The molecule has 3 aromatic rings. The van der Waals surface area contributed by atoms with Crippen LogP contribution in [0.5, 0.6) is 5.75 Å². The summed E-state index contributed by atoms with van der Waals surface area (Å²) in [5.74, 6) is 0.880. The highest BCUT2D eigenvalue weighted by atomic mass is 31.1. The van der Waals surface area contributed by atoms with Crippen molar-refractivity contribution in [1.82, 2.24) is 0 Å². The summed E-state index contributed by atoms with van der Waals surface area (Å²) in [4.78, 5) is 11.4. The smallest absolute Gasteiger partial charge is 0.150 e. The second kappa shape index (κ2) is 8.09. The van der Waals surface area contributed by atoms with Gasteiger partial charge in [-0.05, 0) is 42.9 Å². The van der Waals surface area contributed by atoms with Crippen LogP contribution in [0.15, 0.2) is 66.7 Å². The monoisotopic (exact) mass is 348 g/mol. The highest BCUT2D eigenvalue weighted by Crippen LogP contribution is 2.23. The fourth-order valence-corrected chi connectivity index (χ4v) is 3.95. The maximum atomic E-state index is 11.4. The Morgan fingerprint density at radius 2 is 1.60 bits per heavy atom. The van der Waals surface area contributed by atoms with Gasteiger partial charge in [-0.15, -0.1) is 0 Å². The molecule has 0 heterocycles. The minimum absolute atomic E-state index is 0.385. The van der Waals surface area contributed by atoms with E-state index in [9.17, 15) is 4.79 Å². The van der Waals surface area contributed by atoms with Crippen LogP contribution in [0.1, 0.15) is 27.0 Å². The zero-order valence-corrected chi connectivity index (χ0v) is 15.5. The van der Waals surface area contributed by atoms with Crippen molar-refractivity contribution in [3.05, 3.63) is 89.0 Å². The van der Waals surface area contributed by atoms with Crippen LogP contribution in [0, 0.1) is 13.8 Å². The summed E-state index contributed by atoms with van der Waals surface area (Å²) in [7, 11) is 0.385. The molecule has 0 spiro atoms. The first-order valence-corrected chi connectivity index (χ1v) is 9.26. The van der Waals surface area contributed by atoms with Gasteiger partial charge in [0.25, 0.3) is 0 Å². The summed E-state index contributed by atoms with van der Waals surface area (Å²) in [5.41, 5.74) is 4.19. The normalized spacial score (nSPS) is 11.0. The number of hydrogen-bond acceptors (Lipinski definition) is 2. The van der Waals surface area contributed by atoms with Gasteiger partial charge in [0.1, 0.15) is 12.4 Å². The predicted molar refractivity (Wildman–Crippen MR) is 106 cm³/mol. The molecule has 0 radical (unpaired) electrons. The third-order valence-electron chi connectivity index (χ3n) is 3.98. The van der Waals surface area contributed by atoms with E-state index in [0.717, 1.165) is 39.3 Å². The van der Waals surface area contributed by atoms with Gasteiger partial charge in [0, 0.05) is 10.9 Å². The number of aryl methyl sites for hydroxylation is 2. The molecule has 0 saturated heterocycles. The molecule has 0 amide bonds. The summed E-state index contributed by atoms with van der Waals surface area (Å²) in [5, 5.41) is 2.18. The fraction of sp³-hybridized carbons (Fsp3) is 0.136. The van der Waals surface area contributed by atoms with Gasteiger partial charge in [-0.25, -0.2) is 0 Å². The van der Waals surface area contributed by atoms with Crippen molar-refractivity contribution in [3.63, 3.8) is 0 Å². The standard InChI is InChI=1S/C22H21O2P/c1-16-9-11-21(19(12-16)14-23)25-22-13-17(2)8-10-20(22)24-15-18-6-4-3-5-7-18/h3-14,25H,15H2,1-2H3. The van der Waals surface area contributed by atoms with E-state index in [1.807, 2.05) is 43.3 Å². The molecule has 3 aromatic carbocycles. The van der Waals surface area contributed by atoms with Crippen molar-refractivity contribution >= 4 is 25.5 Å². The Balaban J connectivity index is 1.85. The quantitative estimate of drug-likeness (QED) is 0.490. The first kappa shape index (κ1) is 17.4. The van der Waals surface area contributed by atoms with Crippen LogP contribution in [0.2, 0.25) is 0 Å². The lowest BCUT2D eigenvalue weighted by Crippen LogP contribution is -2.12. The minimum Gasteiger partial charge on any atom is -0.488 e. The van der Waals surface area contributed by atoms with Gasteiger partial charge in [0.05, 0.1) is 0 Å². The van der Waals surface area contributed by atoms with E-state index in [4.69, 9.17) is 4.74 Å². The summed E-state index contributed by atoms with van der Waals surface area (Å²) >= 11 is 0. The molecule has 1 unspecified atom stereocenters. The van der Waals surface area contributed by atoms with E-state index in [-0.39, 0.29) is 0 Å². The average molecular weight is 348 g/mol. The van der Waals surface area contributed by atoms with Gasteiger partial charge in [-0.1, -0.05) is 68.2 Å². The van der Waals surface area contributed by atoms with E-state index in [0.29, 0.717) is 15.2 Å². The van der Waals surface area contributed by atoms with E-state index >= 15 is 0 Å². The van der Waals surface area contributed by atoms with E-state index < -0.39 is 0 Å². The Bertz CT molecular complexity index is 872. The molecule has 0 N–H and O–H groups in total. The number of carbonyl (C=O) groups excluding carboxylic acids is 1. The Kier molecular flexibility index (Phi) is 5.63. The summed E-state index contributed by atoms with van der Waals surface area (Å²) in [6, 6.07) is 22.4. The second-order valence-corrected chi connectivity index (χ2v) is 7.43. The molecule has 0 aliphatic carbocycles. The van der Waals surface area contributed by atoms with Crippen molar-refractivity contribution in [2.45, 2.75) is 20.5 Å². The lowest BCUT2D eigenvalue weighted by atomic mass is 10.2. The van der Waals surface area contributed by atoms with Crippen LogP contribution < -0.4 is 15.3 Å². The van der Waals surface area contributed by atoms with Gasteiger partial charge < -0.3 is 4.74 Å². The molecule has 25 heavy (non-hydrogen) atoms. The van der Waals surface area contributed by atoms with Gasteiger partial charge in [-0.3, -0.25) is 4.79 Å². The second-order valence-electron chi connectivity index (χ2n) is 6.11. The SMILES string of the molecule is Cc1ccc(Pc2cc(C)ccc2OCc2ccccc2)c(C=O)c1. The van der Waals surface area contributed by atoms with Crippen LogP contribution >= 0.6 is 8.58 Å². The lowest BCUT2D eigenvalue weighted by Gasteiger charge is -2.14. The van der Waals surface area contributed by atoms with Gasteiger partial charge in [0.2, 0.25) is 0 Å². The van der Waals surface area contributed by atoms with Crippen molar-refractivity contribution in [1.29, 1.82) is 0 Å². The average Bonchev–Trinajstić information content (AvgIpc) is 2.63. The first-order chi connectivity index (χ1) is 12.2. The number of rotatable bonds is 6. The molecule has 0 aliphatic rings. The molecule has 3 heteroatoms. The van der Waals surface area contributed by atoms with Gasteiger partial charge >= 0.3 is 0 Å². The molecule has 1 atom stereocenters. The van der Waals surface area contributed by atoms with Crippen molar-refractivity contribution in [2.24, 2.45) is 0 Å². The zero-order chi connectivity index (χ0) is 17.6. The van der Waals surface area contributed by atoms with Crippen molar-refractivity contribution in [2.75, 3.05) is 0 Å². The summed E-state index contributed by atoms with van der Waals surface area (Å²) in [6.07, 6.45) is 0.940. The molecule has 0 bridgehead atoms. The Morgan fingerprint density at radius 3 is 2.36 bits per heavy atom. The molecule has 126 valence electrons. The van der Waals surface area contributed by atoms with Gasteiger partial charge in [0.15, 0.2) is 6.29 Å². The van der Waals surface area contributed by atoms with Crippen molar-refractivity contribution < 1.29 is 9.53 Å². The molecular weight excluding hydrogens is 327 g/mol. The third-order valence-corrected chi connectivity index (χ3v) is 5.36. The Labute approximate surface area is 150 Å². The summed E-state index contributed by atoms with van der Waals surface area (Å²) in [6.45, 7) is 4.61. The zero-order valence-electron chi connectivity index (χ0n) is 14.5. The van der Waals surface area contributed by atoms with Gasteiger partial charge in [-0.2, -0.15) is 0 Å². The van der Waals surface area contributed by atoms with E-state index in [1.165, 1.54) is 5.56 Å². The number of aldehydes is 1. The maximum absolute atomic E-state index is 11.4. The molecule has 3 rings (SSSR count). The van der Waals surface area contributed by atoms with Crippen molar-refractivity contribution in [3.8, 4) is 5.75 Å². The fourth-order valence-electron chi connectivity index (χ4n) is 2.64. The van der Waals surface area contributed by atoms with Crippen LogP contribution in [0.3, 0.4) is 0 Å². The Morgan fingerprint density at radius 1 is 0.880 bits per heavy atom.